The Labute approximate surface area is 130 Å². The van der Waals surface area contributed by atoms with Gasteiger partial charge in [0.25, 0.3) is 0 Å². The molecule has 4 nitrogen and oxygen atoms in total. The van der Waals surface area contributed by atoms with E-state index >= 15 is 0 Å². The fraction of sp³-hybridized carbons (Fsp3) is 0.941. The number of piperidine rings is 1. The summed E-state index contributed by atoms with van der Waals surface area (Å²) in [5.74, 6) is 1.28. The second-order valence-corrected chi connectivity index (χ2v) is 7.65. The molecule has 0 spiro atoms. The molecule has 1 amide bonds. The standard InChI is InChI=1S/C17H35N3O/c1-12(2)19-17(6,16(18)21)8-7-9-20-11-13(3)10-14(4)15(20)5/h12-15,19H,7-11H2,1-6H3,(H2,18,21). The number of hydrogen-bond acceptors (Lipinski definition) is 3. The van der Waals surface area contributed by atoms with Gasteiger partial charge in [-0.2, -0.15) is 0 Å². The van der Waals surface area contributed by atoms with Crippen molar-refractivity contribution in [3.8, 4) is 0 Å². The summed E-state index contributed by atoms with van der Waals surface area (Å²) in [7, 11) is 0. The highest BCUT2D eigenvalue weighted by molar-refractivity contribution is 5.84. The van der Waals surface area contributed by atoms with Crippen molar-refractivity contribution >= 4 is 5.91 Å². The molecule has 1 saturated heterocycles. The van der Waals surface area contributed by atoms with Crippen LogP contribution in [0.1, 0.15) is 60.8 Å². The van der Waals surface area contributed by atoms with Gasteiger partial charge in [0.15, 0.2) is 0 Å². The van der Waals surface area contributed by atoms with E-state index in [2.05, 4.69) is 44.8 Å². The third kappa shape index (κ3) is 5.26. The summed E-state index contributed by atoms with van der Waals surface area (Å²) in [5.41, 5.74) is 5.00. The van der Waals surface area contributed by atoms with Gasteiger partial charge in [0.05, 0.1) is 5.54 Å². The van der Waals surface area contributed by atoms with E-state index in [1.165, 1.54) is 13.0 Å². The Kier molecular flexibility index (Phi) is 6.67. The maximum atomic E-state index is 11.8. The van der Waals surface area contributed by atoms with Crippen LogP contribution in [-0.4, -0.2) is 41.5 Å². The lowest BCUT2D eigenvalue weighted by Crippen LogP contribution is -2.56. The van der Waals surface area contributed by atoms with E-state index in [1.807, 2.05) is 6.92 Å². The minimum absolute atomic E-state index is 0.246. The molecule has 0 bridgehead atoms. The van der Waals surface area contributed by atoms with Crippen molar-refractivity contribution in [2.75, 3.05) is 13.1 Å². The molecule has 0 aromatic rings. The molecule has 1 aliphatic heterocycles. The fourth-order valence-corrected chi connectivity index (χ4v) is 3.67. The Morgan fingerprint density at radius 3 is 2.52 bits per heavy atom. The van der Waals surface area contributed by atoms with Crippen LogP contribution in [0.15, 0.2) is 0 Å². The Morgan fingerprint density at radius 1 is 1.38 bits per heavy atom. The Morgan fingerprint density at radius 2 is 2.00 bits per heavy atom. The van der Waals surface area contributed by atoms with Crippen molar-refractivity contribution in [3.63, 3.8) is 0 Å². The van der Waals surface area contributed by atoms with E-state index in [4.69, 9.17) is 5.73 Å². The van der Waals surface area contributed by atoms with Crippen LogP contribution in [-0.2, 0) is 4.79 Å². The van der Waals surface area contributed by atoms with E-state index in [1.54, 1.807) is 0 Å². The number of likely N-dealkylation sites (tertiary alicyclic amines) is 1. The van der Waals surface area contributed by atoms with Crippen molar-refractivity contribution in [2.24, 2.45) is 17.6 Å². The molecule has 3 N–H and O–H groups in total. The number of nitrogens with two attached hydrogens (primary N) is 1. The average Bonchev–Trinajstić information content (AvgIpc) is 2.33. The van der Waals surface area contributed by atoms with Crippen LogP contribution in [0.2, 0.25) is 0 Å². The first-order valence-corrected chi connectivity index (χ1v) is 8.47. The monoisotopic (exact) mass is 297 g/mol. The summed E-state index contributed by atoms with van der Waals surface area (Å²) in [5, 5.41) is 3.33. The predicted octanol–water partition coefficient (Wildman–Crippen LogP) is 2.38. The van der Waals surface area contributed by atoms with Gasteiger partial charge in [-0.15, -0.1) is 0 Å². The van der Waals surface area contributed by atoms with Gasteiger partial charge in [-0.3, -0.25) is 4.79 Å². The average molecular weight is 297 g/mol. The van der Waals surface area contributed by atoms with Crippen LogP contribution in [0.25, 0.3) is 0 Å². The highest BCUT2D eigenvalue weighted by Crippen LogP contribution is 2.27. The molecular weight excluding hydrogens is 262 g/mol. The molecule has 0 saturated carbocycles. The van der Waals surface area contributed by atoms with Gasteiger partial charge in [-0.25, -0.2) is 0 Å². The minimum atomic E-state index is -0.593. The molecule has 21 heavy (non-hydrogen) atoms. The molecule has 1 fully saturated rings. The SMILES string of the molecule is CC1CC(C)C(C)N(CCCC(C)(NC(C)C)C(N)=O)C1. The van der Waals surface area contributed by atoms with Gasteiger partial charge >= 0.3 is 0 Å². The molecule has 0 aromatic heterocycles. The Balaban J connectivity index is 2.52. The van der Waals surface area contributed by atoms with Gasteiger partial charge in [0, 0.05) is 18.6 Å². The van der Waals surface area contributed by atoms with Crippen molar-refractivity contribution in [3.05, 3.63) is 0 Å². The van der Waals surface area contributed by atoms with Crippen LogP contribution >= 0.6 is 0 Å². The molecule has 4 heteroatoms. The van der Waals surface area contributed by atoms with Crippen LogP contribution in [0.5, 0.6) is 0 Å². The molecule has 1 aliphatic rings. The van der Waals surface area contributed by atoms with Gasteiger partial charge in [0.1, 0.15) is 0 Å². The second kappa shape index (κ2) is 7.59. The fourth-order valence-electron chi connectivity index (χ4n) is 3.67. The molecule has 1 heterocycles. The Hall–Kier alpha value is -0.610. The van der Waals surface area contributed by atoms with Gasteiger partial charge in [-0.05, 0) is 65.3 Å². The minimum Gasteiger partial charge on any atom is -0.368 e. The number of rotatable bonds is 7. The highest BCUT2D eigenvalue weighted by atomic mass is 16.1. The molecular formula is C17H35N3O. The number of nitrogens with one attached hydrogen (secondary N) is 1. The third-order valence-corrected chi connectivity index (χ3v) is 4.99. The Bertz CT molecular complexity index is 345. The second-order valence-electron chi connectivity index (χ2n) is 7.65. The zero-order valence-electron chi connectivity index (χ0n) is 14.8. The van der Waals surface area contributed by atoms with Crippen molar-refractivity contribution < 1.29 is 4.79 Å². The number of amides is 1. The summed E-state index contributed by atoms with van der Waals surface area (Å²) < 4.78 is 0. The van der Waals surface area contributed by atoms with Gasteiger partial charge in [0.2, 0.25) is 5.91 Å². The zero-order valence-corrected chi connectivity index (χ0v) is 14.8. The van der Waals surface area contributed by atoms with Gasteiger partial charge < -0.3 is 16.0 Å². The van der Waals surface area contributed by atoms with Crippen molar-refractivity contribution in [2.45, 2.75) is 78.4 Å². The van der Waals surface area contributed by atoms with Crippen LogP contribution < -0.4 is 11.1 Å². The maximum absolute atomic E-state index is 11.8. The van der Waals surface area contributed by atoms with Crippen LogP contribution in [0.4, 0.5) is 0 Å². The first kappa shape index (κ1) is 18.4. The molecule has 0 aliphatic carbocycles. The van der Waals surface area contributed by atoms with E-state index in [-0.39, 0.29) is 11.9 Å². The topological polar surface area (TPSA) is 58.4 Å². The maximum Gasteiger partial charge on any atom is 0.237 e. The first-order chi connectivity index (χ1) is 9.65. The summed E-state index contributed by atoms with van der Waals surface area (Å²) in [4.78, 5) is 14.3. The number of carbonyl (C=O) groups is 1. The lowest BCUT2D eigenvalue weighted by atomic mass is 9.85. The van der Waals surface area contributed by atoms with E-state index in [0.717, 1.165) is 31.2 Å². The summed E-state index contributed by atoms with van der Waals surface area (Å²) in [6, 6.07) is 0.899. The molecule has 1 rings (SSSR count). The molecule has 0 aromatic carbocycles. The third-order valence-electron chi connectivity index (χ3n) is 4.99. The normalized spacial score (nSPS) is 30.3. The zero-order chi connectivity index (χ0) is 16.2. The summed E-state index contributed by atoms with van der Waals surface area (Å²) in [6.07, 6.45) is 3.13. The largest absolute Gasteiger partial charge is 0.368 e. The van der Waals surface area contributed by atoms with Gasteiger partial charge in [-0.1, -0.05) is 13.8 Å². The quantitative estimate of drug-likeness (QED) is 0.758. The van der Waals surface area contributed by atoms with E-state index < -0.39 is 5.54 Å². The number of hydrogen-bond donors (Lipinski definition) is 2. The molecule has 0 radical (unpaired) electrons. The predicted molar refractivity (Wildman–Crippen MR) is 89.1 cm³/mol. The molecule has 124 valence electrons. The van der Waals surface area contributed by atoms with Crippen molar-refractivity contribution in [1.82, 2.24) is 10.2 Å². The number of primary amides is 1. The summed E-state index contributed by atoms with van der Waals surface area (Å²) in [6.45, 7) is 15.3. The lowest BCUT2D eigenvalue weighted by Gasteiger charge is -2.41. The molecule has 4 atom stereocenters. The van der Waals surface area contributed by atoms with E-state index in [9.17, 15) is 4.79 Å². The number of nitrogens with zero attached hydrogens (tertiary/aromatic N) is 1. The van der Waals surface area contributed by atoms with Crippen LogP contribution in [0.3, 0.4) is 0 Å². The molecule has 4 unspecified atom stereocenters. The number of carbonyl (C=O) groups excluding carboxylic acids is 1. The van der Waals surface area contributed by atoms with E-state index in [0.29, 0.717) is 6.04 Å². The first-order valence-electron chi connectivity index (χ1n) is 8.47. The smallest absolute Gasteiger partial charge is 0.237 e. The summed E-state index contributed by atoms with van der Waals surface area (Å²) >= 11 is 0. The van der Waals surface area contributed by atoms with Crippen molar-refractivity contribution in [1.29, 1.82) is 0 Å². The lowest BCUT2D eigenvalue weighted by molar-refractivity contribution is -0.124. The van der Waals surface area contributed by atoms with Crippen LogP contribution in [0, 0.1) is 11.8 Å². The highest BCUT2D eigenvalue weighted by Gasteiger charge is 2.32.